The minimum absolute atomic E-state index is 0.205. The molecule has 0 aliphatic rings. The van der Waals surface area contributed by atoms with Gasteiger partial charge in [0.15, 0.2) is 5.69 Å². The molecule has 4 rings (SSSR count). The highest BCUT2D eigenvalue weighted by Crippen LogP contribution is 2.23. The van der Waals surface area contributed by atoms with Crippen molar-refractivity contribution in [2.45, 2.75) is 40.3 Å². The fourth-order valence-corrected chi connectivity index (χ4v) is 3.66. The highest BCUT2D eigenvalue weighted by Gasteiger charge is 2.22. The predicted molar refractivity (Wildman–Crippen MR) is 123 cm³/mol. The lowest BCUT2D eigenvalue weighted by Crippen LogP contribution is -2.28. The van der Waals surface area contributed by atoms with Gasteiger partial charge in [0.2, 0.25) is 0 Å². The van der Waals surface area contributed by atoms with Crippen LogP contribution in [-0.4, -0.2) is 15.6 Å². The van der Waals surface area contributed by atoms with Crippen molar-refractivity contribution in [3.63, 3.8) is 0 Å². The zero-order valence-electron chi connectivity index (χ0n) is 18.8. The molecule has 2 heterocycles. The molecule has 0 radical (unpaired) electrons. The smallest absolute Gasteiger partial charge is 0.274 e. The number of nitrogens with one attached hydrogen (secondary N) is 1. The standard InChI is InChI=1S/C26H27N3O3/c1-17-10-11-24(18(2)14-17)31-16-23-20(4)32-28-25(23)26(30)27-19(3)21-8-7-9-22(15-21)29-12-5-6-13-29/h5-15,19H,16H2,1-4H3,(H,27,30). The first-order valence-electron chi connectivity index (χ1n) is 10.6. The van der Waals surface area contributed by atoms with Gasteiger partial charge in [-0.2, -0.15) is 0 Å². The lowest BCUT2D eigenvalue weighted by molar-refractivity contribution is 0.0928. The second kappa shape index (κ2) is 9.14. The summed E-state index contributed by atoms with van der Waals surface area (Å²) in [5.41, 5.74) is 5.15. The molecule has 0 aliphatic heterocycles. The Morgan fingerprint density at radius 2 is 1.88 bits per heavy atom. The summed E-state index contributed by atoms with van der Waals surface area (Å²) in [6, 6.07) is 17.8. The predicted octanol–water partition coefficient (Wildman–Crippen LogP) is 5.46. The molecular formula is C26H27N3O3. The normalized spacial score (nSPS) is 11.9. The molecule has 6 heteroatoms. The number of nitrogens with zero attached hydrogens (tertiary/aromatic N) is 2. The van der Waals surface area contributed by atoms with E-state index in [1.165, 1.54) is 5.56 Å². The van der Waals surface area contributed by atoms with Crippen LogP contribution >= 0.6 is 0 Å². The van der Waals surface area contributed by atoms with Gasteiger partial charge in [-0.25, -0.2) is 0 Å². The summed E-state index contributed by atoms with van der Waals surface area (Å²) in [7, 11) is 0. The number of carbonyl (C=O) groups is 1. The van der Waals surface area contributed by atoms with Crippen molar-refractivity contribution in [3.05, 3.63) is 101 Å². The van der Waals surface area contributed by atoms with Crippen LogP contribution < -0.4 is 10.1 Å². The van der Waals surface area contributed by atoms with Crippen LogP contribution in [0.3, 0.4) is 0 Å². The van der Waals surface area contributed by atoms with Crippen LogP contribution in [0, 0.1) is 20.8 Å². The highest BCUT2D eigenvalue weighted by atomic mass is 16.5. The fraction of sp³-hybridized carbons (Fsp3) is 0.231. The van der Waals surface area contributed by atoms with Crippen molar-refractivity contribution in [1.82, 2.24) is 15.0 Å². The zero-order valence-corrected chi connectivity index (χ0v) is 18.8. The van der Waals surface area contributed by atoms with Crippen molar-refractivity contribution in [1.29, 1.82) is 0 Å². The number of amides is 1. The number of aromatic nitrogens is 2. The Balaban J connectivity index is 1.48. The molecule has 2 aromatic heterocycles. The first-order chi connectivity index (χ1) is 15.4. The molecule has 0 saturated heterocycles. The third kappa shape index (κ3) is 4.59. The van der Waals surface area contributed by atoms with Crippen molar-refractivity contribution in [3.8, 4) is 11.4 Å². The minimum atomic E-state index is -0.292. The lowest BCUT2D eigenvalue weighted by atomic mass is 10.1. The van der Waals surface area contributed by atoms with Crippen LogP contribution in [0.5, 0.6) is 5.75 Å². The van der Waals surface area contributed by atoms with E-state index in [0.717, 1.165) is 22.6 Å². The van der Waals surface area contributed by atoms with E-state index in [1.807, 2.05) is 80.2 Å². The number of carbonyl (C=O) groups excluding carboxylic acids is 1. The highest BCUT2D eigenvalue weighted by molar-refractivity contribution is 5.94. The molecule has 4 aromatic rings. The van der Waals surface area contributed by atoms with Gasteiger partial charge in [0.1, 0.15) is 18.1 Å². The first kappa shape index (κ1) is 21.4. The van der Waals surface area contributed by atoms with Gasteiger partial charge in [-0.1, -0.05) is 35.0 Å². The number of hydrogen-bond acceptors (Lipinski definition) is 4. The van der Waals surface area contributed by atoms with Crippen molar-refractivity contribution in [2.24, 2.45) is 0 Å². The van der Waals surface area contributed by atoms with E-state index in [1.54, 1.807) is 6.92 Å². The molecule has 0 saturated carbocycles. The topological polar surface area (TPSA) is 69.3 Å². The maximum absolute atomic E-state index is 13.0. The molecule has 1 amide bonds. The van der Waals surface area contributed by atoms with Crippen molar-refractivity contribution < 1.29 is 14.1 Å². The van der Waals surface area contributed by atoms with Gasteiger partial charge in [0.05, 0.1) is 11.6 Å². The fourth-order valence-electron chi connectivity index (χ4n) is 3.66. The van der Waals surface area contributed by atoms with Gasteiger partial charge in [-0.15, -0.1) is 0 Å². The molecule has 0 aliphatic carbocycles. The van der Waals surface area contributed by atoms with Crippen LogP contribution in [0.2, 0.25) is 0 Å². The maximum atomic E-state index is 13.0. The number of rotatable bonds is 7. The number of hydrogen-bond donors (Lipinski definition) is 1. The van der Waals surface area contributed by atoms with Crippen LogP contribution in [0.15, 0.2) is 71.5 Å². The van der Waals surface area contributed by atoms with E-state index < -0.39 is 0 Å². The van der Waals surface area contributed by atoms with Crippen molar-refractivity contribution >= 4 is 5.91 Å². The van der Waals surface area contributed by atoms with Crippen LogP contribution in [0.4, 0.5) is 0 Å². The quantitative estimate of drug-likeness (QED) is 0.423. The van der Waals surface area contributed by atoms with E-state index in [9.17, 15) is 4.79 Å². The molecule has 0 fully saturated rings. The van der Waals surface area contributed by atoms with E-state index in [2.05, 4.69) is 22.6 Å². The Morgan fingerprint density at radius 3 is 2.62 bits per heavy atom. The molecule has 164 valence electrons. The summed E-state index contributed by atoms with van der Waals surface area (Å²) in [6.07, 6.45) is 3.98. The molecule has 1 N–H and O–H groups in total. The molecule has 6 nitrogen and oxygen atoms in total. The van der Waals surface area contributed by atoms with Gasteiger partial charge < -0.3 is 19.1 Å². The molecule has 2 aromatic carbocycles. The summed E-state index contributed by atoms with van der Waals surface area (Å²) in [6.45, 7) is 7.98. The molecule has 1 unspecified atom stereocenters. The average Bonchev–Trinajstić information content (AvgIpc) is 3.43. The summed E-state index contributed by atoms with van der Waals surface area (Å²) >= 11 is 0. The molecule has 0 spiro atoms. The molecule has 32 heavy (non-hydrogen) atoms. The summed E-state index contributed by atoms with van der Waals surface area (Å²) < 4.78 is 13.3. The van der Waals surface area contributed by atoms with Crippen molar-refractivity contribution in [2.75, 3.05) is 0 Å². The molecule has 0 bridgehead atoms. The number of ether oxygens (including phenoxy) is 1. The van der Waals surface area contributed by atoms with E-state index in [-0.39, 0.29) is 24.2 Å². The SMILES string of the molecule is Cc1ccc(OCc2c(C(=O)NC(C)c3cccc(-n4cccc4)c3)noc2C)c(C)c1. The van der Waals surface area contributed by atoms with Gasteiger partial charge >= 0.3 is 0 Å². The molecular weight excluding hydrogens is 402 g/mol. The minimum Gasteiger partial charge on any atom is -0.488 e. The number of aryl methyl sites for hydroxylation is 3. The Hall–Kier alpha value is -3.80. The van der Waals surface area contributed by atoms with Crippen LogP contribution in [0.25, 0.3) is 5.69 Å². The average molecular weight is 430 g/mol. The van der Waals surface area contributed by atoms with Gasteiger partial charge in [0, 0.05) is 18.1 Å². The lowest BCUT2D eigenvalue weighted by Gasteiger charge is -2.15. The monoisotopic (exact) mass is 429 g/mol. The zero-order chi connectivity index (χ0) is 22.7. The first-order valence-corrected chi connectivity index (χ1v) is 10.6. The van der Waals surface area contributed by atoms with E-state index in [0.29, 0.717) is 11.3 Å². The molecule has 1 atom stereocenters. The summed E-state index contributed by atoms with van der Waals surface area (Å²) in [5, 5.41) is 7.03. The van der Waals surface area contributed by atoms with Crippen LogP contribution in [-0.2, 0) is 6.61 Å². The second-order valence-corrected chi connectivity index (χ2v) is 8.00. The van der Waals surface area contributed by atoms with Gasteiger partial charge in [0.25, 0.3) is 5.91 Å². The Kier molecular flexibility index (Phi) is 6.12. The summed E-state index contributed by atoms with van der Waals surface area (Å²) in [4.78, 5) is 13.0. The summed E-state index contributed by atoms with van der Waals surface area (Å²) in [5.74, 6) is 1.06. The second-order valence-electron chi connectivity index (χ2n) is 8.00. The van der Waals surface area contributed by atoms with E-state index >= 15 is 0 Å². The Morgan fingerprint density at radius 1 is 1.09 bits per heavy atom. The third-order valence-electron chi connectivity index (χ3n) is 5.52. The number of benzene rings is 2. The largest absolute Gasteiger partial charge is 0.488 e. The maximum Gasteiger partial charge on any atom is 0.274 e. The third-order valence-corrected chi connectivity index (χ3v) is 5.52. The van der Waals surface area contributed by atoms with E-state index in [4.69, 9.17) is 9.26 Å². The Labute approximate surface area is 187 Å². The van der Waals surface area contributed by atoms with Gasteiger partial charge in [-0.3, -0.25) is 4.79 Å². The van der Waals surface area contributed by atoms with Crippen LogP contribution in [0.1, 0.15) is 51.5 Å². The Bertz CT molecular complexity index is 1230. The van der Waals surface area contributed by atoms with Gasteiger partial charge in [-0.05, 0) is 69.2 Å².